The minimum Gasteiger partial charge on any atom is -0.387 e. The van der Waals surface area contributed by atoms with Gasteiger partial charge in [0.25, 0.3) is 0 Å². The first kappa shape index (κ1) is 15.5. The molecular weight excluding hydrogens is 279 g/mol. The van der Waals surface area contributed by atoms with E-state index in [1.54, 1.807) is 19.1 Å². The molecule has 2 unspecified atom stereocenters. The van der Waals surface area contributed by atoms with Crippen molar-refractivity contribution in [1.82, 2.24) is 5.32 Å². The topological polar surface area (TPSA) is 32.3 Å². The van der Waals surface area contributed by atoms with Crippen molar-refractivity contribution in [1.29, 1.82) is 0 Å². The van der Waals surface area contributed by atoms with Crippen molar-refractivity contribution in [2.24, 2.45) is 0 Å². The Kier molecular flexibility index (Phi) is 4.98. The number of hydrogen-bond donors (Lipinski definition) is 2. The minimum atomic E-state index is -0.996. The molecular formula is C16H16F3NO. The van der Waals surface area contributed by atoms with Gasteiger partial charge in [0, 0.05) is 12.6 Å². The van der Waals surface area contributed by atoms with Crippen LogP contribution in [0.5, 0.6) is 0 Å². The van der Waals surface area contributed by atoms with Crippen LogP contribution in [0.15, 0.2) is 42.5 Å². The molecule has 0 aliphatic rings. The molecule has 0 aliphatic heterocycles. The fraction of sp³-hybridized carbons (Fsp3) is 0.250. The standard InChI is InChI=1S/C16H16F3NO/c1-10(20-9-11-3-2-4-13(17)7-11)16(21)12-5-6-14(18)15(19)8-12/h2-8,10,16,20-21H,9H2,1H3. The first-order valence-corrected chi connectivity index (χ1v) is 6.58. The maximum absolute atomic E-state index is 13.1. The summed E-state index contributed by atoms with van der Waals surface area (Å²) in [5.74, 6) is -2.28. The number of halogens is 3. The predicted molar refractivity (Wildman–Crippen MR) is 74.0 cm³/mol. The molecule has 0 saturated heterocycles. The lowest BCUT2D eigenvalue weighted by Crippen LogP contribution is -2.31. The first-order chi connectivity index (χ1) is 9.97. The minimum absolute atomic E-state index is 0.285. The second-order valence-electron chi connectivity index (χ2n) is 4.92. The van der Waals surface area contributed by atoms with Gasteiger partial charge in [0.2, 0.25) is 0 Å². The lowest BCUT2D eigenvalue weighted by Gasteiger charge is -2.21. The molecule has 0 bridgehead atoms. The smallest absolute Gasteiger partial charge is 0.159 e. The third-order valence-electron chi connectivity index (χ3n) is 3.28. The molecule has 21 heavy (non-hydrogen) atoms. The van der Waals surface area contributed by atoms with Crippen LogP contribution in [0.4, 0.5) is 13.2 Å². The largest absolute Gasteiger partial charge is 0.387 e. The molecule has 2 N–H and O–H groups in total. The van der Waals surface area contributed by atoms with Crippen LogP contribution >= 0.6 is 0 Å². The van der Waals surface area contributed by atoms with Crippen molar-refractivity contribution < 1.29 is 18.3 Å². The van der Waals surface area contributed by atoms with Gasteiger partial charge in [0.05, 0.1) is 6.10 Å². The highest BCUT2D eigenvalue weighted by Crippen LogP contribution is 2.19. The van der Waals surface area contributed by atoms with Crippen molar-refractivity contribution in [2.45, 2.75) is 25.6 Å². The first-order valence-electron chi connectivity index (χ1n) is 6.58. The zero-order valence-corrected chi connectivity index (χ0v) is 11.5. The summed E-state index contributed by atoms with van der Waals surface area (Å²) < 4.78 is 39.1. The summed E-state index contributed by atoms with van der Waals surface area (Å²) >= 11 is 0. The summed E-state index contributed by atoms with van der Waals surface area (Å²) in [6, 6.07) is 8.98. The molecule has 2 nitrogen and oxygen atoms in total. The van der Waals surface area contributed by atoms with E-state index in [2.05, 4.69) is 5.32 Å². The zero-order chi connectivity index (χ0) is 15.4. The summed E-state index contributed by atoms with van der Waals surface area (Å²) in [5, 5.41) is 13.1. The van der Waals surface area contributed by atoms with Crippen LogP contribution in [0.1, 0.15) is 24.2 Å². The quantitative estimate of drug-likeness (QED) is 0.887. The Bertz CT molecular complexity index is 618. The van der Waals surface area contributed by atoms with Crippen LogP contribution in [-0.4, -0.2) is 11.1 Å². The number of aliphatic hydroxyl groups is 1. The summed E-state index contributed by atoms with van der Waals surface area (Å²) in [6.45, 7) is 2.07. The Morgan fingerprint density at radius 2 is 1.81 bits per heavy atom. The zero-order valence-electron chi connectivity index (χ0n) is 11.5. The van der Waals surface area contributed by atoms with Crippen molar-refractivity contribution in [3.63, 3.8) is 0 Å². The Balaban J connectivity index is 1.99. The van der Waals surface area contributed by atoms with Gasteiger partial charge < -0.3 is 10.4 Å². The van der Waals surface area contributed by atoms with Crippen LogP contribution in [-0.2, 0) is 6.54 Å². The van der Waals surface area contributed by atoms with E-state index in [0.29, 0.717) is 6.54 Å². The molecule has 0 aliphatic carbocycles. The van der Waals surface area contributed by atoms with E-state index >= 15 is 0 Å². The van der Waals surface area contributed by atoms with Gasteiger partial charge in [-0.2, -0.15) is 0 Å². The van der Waals surface area contributed by atoms with E-state index in [4.69, 9.17) is 0 Å². The number of rotatable bonds is 5. The van der Waals surface area contributed by atoms with E-state index in [1.807, 2.05) is 0 Å². The molecule has 112 valence electrons. The van der Waals surface area contributed by atoms with E-state index in [0.717, 1.165) is 17.7 Å². The SMILES string of the molecule is CC(NCc1cccc(F)c1)C(O)c1ccc(F)c(F)c1. The van der Waals surface area contributed by atoms with Gasteiger partial charge in [-0.25, -0.2) is 13.2 Å². The number of benzene rings is 2. The Hall–Kier alpha value is -1.85. The van der Waals surface area contributed by atoms with Gasteiger partial charge in [-0.15, -0.1) is 0 Å². The average molecular weight is 295 g/mol. The highest BCUT2D eigenvalue weighted by molar-refractivity contribution is 5.21. The molecule has 0 amide bonds. The number of aliphatic hydroxyl groups excluding tert-OH is 1. The van der Waals surface area contributed by atoms with Crippen molar-refractivity contribution in [3.8, 4) is 0 Å². The molecule has 0 radical (unpaired) electrons. The van der Waals surface area contributed by atoms with Gasteiger partial charge in [0.1, 0.15) is 5.82 Å². The molecule has 2 rings (SSSR count). The molecule has 0 fully saturated rings. The maximum atomic E-state index is 13.1. The molecule has 0 spiro atoms. The third kappa shape index (κ3) is 4.06. The van der Waals surface area contributed by atoms with Crippen LogP contribution < -0.4 is 5.32 Å². The molecule has 2 atom stereocenters. The second-order valence-corrected chi connectivity index (χ2v) is 4.92. The maximum Gasteiger partial charge on any atom is 0.159 e. The van der Waals surface area contributed by atoms with Gasteiger partial charge in [0.15, 0.2) is 11.6 Å². The second kappa shape index (κ2) is 6.74. The molecule has 0 saturated carbocycles. The lowest BCUT2D eigenvalue weighted by molar-refractivity contribution is 0.135. The van der Waals surface area contributed by atoms with Crippen LogP contribution in [0.3, 0.4) is 0 Å². The lowest BCUT2D eigenvalue weighted by atomic mass is 10.0. The molecule has 0 aromatic heterocycles. The van der Waals surface area contributed by atoms with Crippen LogP contribution in [0, 0.1) is 17.5 Å². The number of nitrogens with one attached hydrogen (secondary N) is 1. The summed E-state index contributed by atoms with van der Waals surface area (Å²) in [6.07, 6.45) is -0.992. The molecule has 5 heteroatoms. The number of hydrogen-bond acceptors (Lipinski definition) is 2. The van der Waals surface area contributed by atoms with Crippen molar-refractivity contribution in [2.75, 3.05) is 0 Å². The van der Waals surface area contributed by atoms with Crippen molar-refractivity contribution >= 4 is 0 Å². The Morgan fingerprint density at radius 3 is 2.48 bits per heavy atom. The van der Waals surface area contributed by atoms with Gasteiger partial charge >= 0.3 is 0 Å². The van der Waals surface area contributed by atoms with Gasteiger partial charge in [-0.05, 0) is 42.3 Å². The Labute approximate surface area is 121 Å². The highest BCUT2D eigenvalue weighted by Gasteiger charge is 2.17. The van der Waals surface area contributed by atoms with E-state index < -0.39 is 23.8 Å². The summed E-state index contributed by atoms with van der Waals surface area (Å²) in [4.78, 5) is 0. The normalized spacial score (nSPS) is 14.0. The Morgan fingerprint density at radius 1 is 1.05 bits per heavy atom. The summed E-state index contributed by atoms with van der Waals surface area (Å²) in [5.41, 5.74) is 1.02. The molecule has 2 aromatic rings. The molecule has 2 aromatic carbocycles. The highest BCUT2D eigenvalue weighted by atomic mass is 19.2. The van der Waals surface area contributed by atoms with Crippen LogP contribution in [0.2, 0.25) is 0 Å². The monoisotopic (exact) mass is 295 g/mol. The third-order valence-corrected chi connectivity index (χ3v) is 3.28. The van der Waals surface area contributed by atoms with E-state index in [1.165, 1.54) is 18.2 Å². The summed E-state index contributed by atoms with van der Waals surface area (Å²) in [7, 11) is 0. The van der Waals surface area contributed by atoms with Crippen LogP contribution in [0.25, 0.3) is 0 Å². The van der Waals surface area contributed by atoms with E-state index in [-0.39, 0.29) is 11.4 Å². The average Bonchev–Trinajstić information content (AvgIpc) is 2.47. The fourth-order valence-corrected chi connectivity index (χ4v) is 2.02. The van der Waals surface area contributed by atoms with E-state index in [9.17, 15) is 18.3 Å². The van der Waals surface area contributed by atoms with Gasteiger partial charge in [-0.1, -0.05) is 18.2 Å². The molecule has 0 heterocycles. The predicted octanol–water partition coefficient (Wildman–Crippen LogP) is 3.32. The fourth-order valence-electron chi connectivity index (χ4n) is 2.02. The van der Waals surface area contributed by atoms with Crippen molar-refractivity contribution in [3.05, 3.63) is 71.0 Å². The van der Waals surface area contributed by atoms with Gasteiger partial charge in [-0.3, -0.25) is 0 Å².